The molecule has 7 heteroatoms. The van der Waals surface area contributed by atoms with Gasteiger partial charge in [-0.05, 0) is 36.2 Å². The Bertz CT molecular complexity index is 696. The van der Waals surface area contributed by atoms with E-state index in [4.69, 9.17) is 4.74 Å². The number of Topliss-reactive ketones (excluding diaryl/α,β-unsaturated/α-hetero) is 1. The zero-order valence-electron chi connectivity index (χ0n) is 12.2. The highest BCUT2D eigenvalue weighted by atomic mass is 19.4. The molecule has 0 radical (unpaired) electrons. The van der Waals surface area contributed by atoms with Gasteiger partial charge >= 0.3 is 6.18 Å². The number of aryl methyl sites for hydroxylation is 1. The summed E-state index contributed by atoms with van der Waals surface area (Å²) in [6.07, 6.45) is -3.21. The van der Waals surface area contributed by atoms with Crippen molar-refractivity contribution >= 4 is 5.78 Å². The van der Waals surface area contributed by atoms with Crippen molar-refractivity contribution in [2.24, 2.45) is 0 Å². The second-order valence-electron chi connectivity index (χ2n) is 4.82. The minimum absolute atomic E-state index is 0.00680. The van der Waals surface area contributed by atoms with E-state index in [0.29, 0.717) is 5.56 Å². The van der Waals surface area contributed by atoms with Crippen LogP contribution in [0.5, 0.6) is 5.75 Å². The van der Waals surface area contributed by atoms with Gasteiger partial charge in [0, 0.05) is 12.6 Å². The van der Waals surface area contributed by atoms with Crippen molar-refractivity contribution < 1.29 is 27.1 Å². The number of methoxy groups -OCH3 is 1. The second kappa shape index (κ2) is 6.76. The van der Waals surface area contributed by atoms with Crippen molar-refractivity contribution in [2.45, 2.75) is 19.0 Å². The molecule has 1 aromatic carbocycles. The summed E-state index contributed by atoms with van der Waals surface area (Å²) >= 11 is 0. The van der Waals surface area contributed by atoms with Crippen LogP contribution in [0.25, 0.3) is 0 Å². The highest BCUT2D eigenvalue weighted by Crippen LogP contribution is 2.27. The van der Waals surface area contributed by atoms with Gasteiger partial charge < -0.3 is 4.74 Å². The van der Waals surface area contributed by atoms with Crippen molar-refractivity contribution in [1.29, 1.82) is 0 Å². The van der Waals surface area contributed by atoms with Crippen molar-refractivity contribution in [3.8, 4) is 5.75 Å². The molecule has 0 saturated carbocycles. The van der Waals surface area contributed by atoms with Crippen LogP contribution < -0.4 is 4.74 Å². The van der Waals surface area contributed by atoms with Crippen molar-refractivity contribution in [2.75, 3.05) is 7.11 Å². The molecule has 0 unspecified atom stereocenters. The maximum Gasteiger partial charge on any atom is 0.433 e. The summed E-state index contributed by atoms with van der Waals surface area (Å²) < 4.78 is 55.5. The lowest BCUT2D eigenvalue weighted by molar-refractivity contribution is -0.141. The van der Waals surface area contributed by atoms with Crippen molar-refractivity contribution in [3.63, 3.8) is 0 Å². The molecule has 0 aliphatic rings. The largest absolute Gasteiger partial charge is 0.496 e. The van der Waals surface area contributed by atoms with Crippen LogP contribution in [0.3, 0.4) is 0 Å². The third-order valence-electron chi connectivity index (χ3n) is 3.22. The number of pyridine rings is 1. The highest BCUT2D eigenvalue weighted by Gasteiger charge is 2.32. The molecule has 2 aromatic rings. The fraction of sp³-hybridized carbons (Fsp3) is 0.250. The van der Waals surface area contributed by atoms with E-state index in [0.717, 1.165) is 18.3 Å². The van der Waals surface area contributed by atoms with Gasteiger partial charge in [-0.25, -0.2) is 4.39 Å². The highest BCUT2D eigenvalue weighted by molar-refractivity contribution is 5.98. The molecule has 0 atom stereocenters. The lowest BCUT2D eigenvalue weighted by atomic mass is 10.0. The van der Waals surface area contributed by atoms with Gasteiger partial charge in [0.2, 0.25) is 0 Å². The zero-order valence-corrected chi connectivity index (χ0v) is 12.2. The van der Waals surface area contributed by atoms with E-state index in [2.05, 4.69) is 4.98 Å². The molecule has 1 heterocycles. The fourth-order valence-corrected chi connectivity index (χ4v) is 2.03. The third kappa shape index (κ3) is 4.28. The first-order valence-electron chi connectivity index (χ1n) is 6.70. The Morgan fingerprint density at radius 2 is 1.96 bits per heavy atom. The molecule has 0 N–H and O–H groups in total. The smallest absolute Gasteiger partial charge is 0.433 e. The maximum atomic E-state index is 13.2. The summed E-state index contributed by atoms with van der Waals surface area (Å²) in [6.45, 7) is 0. The SMILES string of the molecule is COc1ccc(F)cc1C(=O)CCc1ccc(C(F)(F)F)nc1. The number of hydrogen-bond acceptors (Lipinski definition) is 3. The van der Waals surface area contributed by atoms with Gasteiger partial charge in [-0.2, -0.15) is 13.2 Å². The lowest BCUT2D eigenvalue weighted by Crippen LogP contribution is -2.08. The number of aromatic nitrogens is 1. The van der Waals surface area contributed by atoms with Gasteiger partial charge in [-0.3, -0.25) is 9.78 Å². The number of ether oxygens (including phenoxy) is 1. The Morgan fingerprint density at radius 3 is 2.52 bits per heavy atom. The quantitative estimate of drug-likeness (QED) is 0.614. The fourth-order valence-electron chi connectivity index (χ4n) is 2.03. The average Bonchev–Trinajstić information content (AvgIpc) is 2.52. The summed E-state index contributed by atoms with van der Waals surface area (Å²) in [5, 5.41) is 0. The summed E-state index contributed by atoms with van der Waals surface area (Å²) in [5.41, 5.74) is -0.395. The predicted octanol–water partition coefficient (Wildman–Crippen LogP) is 4.06. The van der Waals surface area contributed by atoms with E-state index in [-0.39, 0.29) is 29.9 Å². The van der Waals surface area contributed by atoms with E-state index >= 15 is 0 Å². The van der Waals surface area contributed by atoms with E-state index in [1.54, 1.807) is 0 Å². The Balaban J connectivity index is 2.06. The number of carbonyl (C=O) groups is 1. The molecule has 0 aliphatic heterocycles. The molecule has 0 bridgehead atoms. The first-order chi connectivity index (χ1) is 10.8. The number of nitrogens with zero attached hydrogens (tertiary/aromatic N) is 1. The molecule has 0 amide bonds. The van der Waals surface area contributed by atoms with Crippen LogP contribution in [-0.4, -0.2) is 17.9 Å². The van der Waals surface area contributed by atoms with Gasteiger partial charge in [-0.15, -0.1) is 0 Å². The van der Waals surface area contributed by atoms with Crippen LogP contribution in [0.15, 0.2) is 36.5 Å². The van der Waals surface area contributed by atoms with Crippen LogP contribution >= 0.6 is 0 Å². The molecule has 0 spiro atoms. The number of rotatable bonds is 5. The summed E-state index contributed by atoms with van der Waals surface area (Å²) in [6, 6.07) is 5.73. The van der Waals surface area contributed by atoms with Gasteiger partial charge in [0.15, 0.2) is 5.78 Å². The lowest BCUT2D eigenvalue weighted by Gasteiger charge is -2.08. The first-order valence-corrected chi connectivity index (χ1v) is 6.70. The number of hydrogen-bond donors (Lipinski definition) is 0. The topological polar surface area (TPSA) is 39.2 Å². The second-order valence-corrected chi connectivity index (χ2v) is 4.82. The number of carbonyl (C=O) groups excluding carboxylic acids is 1. The van der Waals surface area contributed by atoms with E-state index in [1.807, 2.05) is 0 Å². The van der Waals surface area contributed by atoms with E-state index in [1.165, 1.54) is 25.3 Å². The summed E-state index contributed by atoms with van der Waals surface area (Å²) in [5.74, 6) is -0.673. The van der Waals surface area contributed by atoms with Gasteiger partial charge in [-0.1, -0.05) is 6.07 Å². The third-order valence-corrected chi connectivity index (χ3v) is 3.22. The van der Waals surface area contributed by atoms with Gasteiger partial charge in [0.1, 0.15) is 17.3 Å². The maximum absolute atomic E-state index is 13.2. The number of halogens is 4. The van der Waals surface area contributed by atoms with E-state index in [9.17, 15) is 22.4 Å². The molecule has 122 valence electrons. The standard InChI is InChI=1S/C16H13F4NO2/c1-23-14-6-4-11(17)8-12(14)13(22)5-2-10-3-7-15(21-9-10)16(18,19)20/h3-4,6-9H,2,5H2,1H3. The van der Waals surface area contributed by atoms with Gasteiger partial charge in [0.25, 0.3) is 0 Å². The van der Waals surface area contributed by atoms with Crippen LogP contribution in [0.4, 0.5) is 17.6 Å². The molecule has 0 saturated heterocycles. The van der Waals surface area contributed by atoms with Crippen molar-refractivity contribution in [3.05, 3.63) is 59.2 Å². The van der Waals surface area contributed by atoms with Crippen LogP contribution in [-0.2, 0) is 12.6 Å². The summed E-state index contributed by atoms with van der Waals surface area (Å²) in [4.78, 5) is 15.5. The minimum Gasteiger partial charge on any atom is -0.496 e. The number of benzene rings is 1. The Labute approximate surface area is 129 Å². The minimum atomic E-state index is -4.50. The average molecular weight is 327 g/mol. The molecule has 3 nitrogen and oxygen atoms in total. The molecule has 1 aromatic heterocycles. The molecular weight excluding hydrogens is 314 g/mol. The predicted molar refractivity (Wildman–Crippen MR) is 74.8 cm³/mol. The summed E-state index contributed by atoms with van der Waals surface area (Å²) in [7, 11) is 1.36. The molecule has 23 heavy (non-hydrogen) atoms. The molecule has 0 fully saturated rings. The zero-order chi connectivity index (χ0) is 17.0. The van der Waals surface area contributed by atoms with E-state index < -0.39 is 17.7 Å². The number of alkyl halides is 3. The molecule has 0 aliphatic carbocycles. The Hall–Kier alpha value is -2.44. The van der Waals surface area contributed by atoms with Gasteiger partial charge in [0.05, 0.1) is 12.7 Å². The van der Waals surface area contributed by atoms with Crippen LogP contribution in [0.1, 0.15) is 28.0 Å². The molecule has 2 rings (SSSR count). The Kier molecular flexibility index (Phi) is 4.98. The first kappa shape index (κ1) is 16.9. The normalized spacial score (nSPS) is 11.3. The van der Waals surface area contributed by atoms with Crippen molar-refractivity contribution in [1.82, 2.24) is 4.98 Å². The van der Waals surface area contributed by atoms with Crippen LogP contribution in [0, 0.1) is 5.82 Å². The molecular formula is C16H13F4NO2. The number of ketones is 1. The van der Waals surface area contributed by atoms with Crippen LogP contribution in [0.2, 0.25) is 0 Å². The Morgan fingerprint density at radius 1 is 1.22 bits per heavy atom. The monoisotopic (exact) mass is 327 g/mol.